The second-order valence-corrected chi connectivity index (χ2v) is 19.8. The molecule has 71 heavy (non-hydrogen) atoms. The molecule has 0 atom stereocenters. The van der Waals surface area contributed by atoms with Crippen LogP contribution in [0.2, 0.25) is 0 Å². The highest BCUT2D eigenvalue weighted by Crippen LogP contribution is 2.34. The summed E-state index contributed by atoms with van der Waals surface area (Å²) < 4.78 is 38.6. The van der Waals surface area contributed by atoms with Crippen LogP contribution in [0.25, 0.3) is 44.1 Å². The molecule has 0 spiro atoms. The molecule has 16 nitrogen and oxygen atoms in total. The Hall–Kier alpha value is -8.14. The van der Waals surface area contributed by atoms with Crippen molar-refractivity contribution < 1.29 is 17.6 Å². The lowest BCUT2D eigenvalue weighted by molar-refractivity contribution is -0.129. The molecule has 360 valence electrons. The fourth-order valence-electron chi connectivity index (χ4n) is 9.31. The predicted octanol–water partition coefficient (Wildman–Crippen LogP) is 8.64. The highest BCUT2D eigenvalue weighted by Gasteiger charge is 2.26. The zero-order valence-electron chi connectivity index (χ0n) is 39.2. The number of piperidine rings is 2. The van der Waals surface area contributed by atoms with Crippen LogP contribution in [0, 0.1) is 24.2 Å². The number of carbonyl (C=O) groups excluding carboxylic acids is 1. The summed E-state index contributed by atoms with van der Waals surface area (Å²) in [7, 11) is -3.16. The van der Waals surface area contributed by atoms with Crippen LogP contribution < -0.4 is 21.8 Å². The van der Waals surface area contributed by atoms with Crippen LogP contribution in [0.5, 0.6) is 0 Å². The normalized spacial score (nSPS) is 14.7. The average Bonchev–Trinajstić information content (AvgIpc) is 3.37. The number of nitrogens with one attached hydrogen (secondary N) is 4. The third kappa shape index (κ3) is 10.9. The van der Waals surface area contributed by atoms with E-state index in [1.807, 2.05) is 59.5 Å². The zero-order chi connectivity index (χ0) is 49.8. The molecule has 2 saturated heterocycles. The molecule has 2 aliphatic heterocycles. The number of fused-ring (bicyclic) bond motifs is 2. The van der Waals surface area contributed by atoms with E-state index in [9.17, 15) is 27.2 Å². The van der Waals surface area contributed by atoms with Crippen LogP contribution in [0.4, 0.5) is 27.4 Å². The highest BCUT2D eigenvalue weighted by molar-refractivity contribution is 7.88. The van der Waals surface area contributed by atoms with Crippen LogP contribution in [-0.2, 0) is 14.8 Å². The topological polar surface area (TPSA) is 223 Å². The van der Waals surface area contributed by atoms with E-state index in [1.165, 1.54) is 22.2 Å². The van der Waals surface area contributed by atoms with Gasteiger partial charge in [0.05, 0.1) is 28.4 Å². The molecule has 0 aliphatic carbocycles. The second kappa shape index (κ2) is 20.4. The van der Waals surface area contributed by atoms with E-state index in [4.69, 9.17) is 15.2 Å². The zero-order valence-corrected chi connectivity index (χ0v) is 40.1. The lowest BCUT2D eigenvalue weighted by Crippen LogP contribution is -2.37. The summed E-state index contributed by atoms with van der Waals surface area (Å²) in [6.07, 6.45) is 9.50. The number of H-pyrrole nitrogens is 2. The summed E-state index contributed by atoms with van der Waals surface area (Å²) in [6.45, 7) is 5.95. The number of aromatic nitrogens is 6. The van der Waals surface area contributed by atoms with Gasteiger partial charge in [-0.25, -0.2) is 32.7 Å². The Morgan fingerprint density at radius 2 is 1.24 bits per heavy atom. The van der Waals surface area contributed by atoms with Crippen molar-refractivity contribution in [2.75, 3.05) is 43.1 Å². The van der Waals surface area contributed by atoms with Gasteiger partial charge in [0, 0.05) is 79.9 Å². The lowest BCUT2D eigenvalue weighted by Gasteiger charge is -2.31. The van der Waals surface area contributed by atoms with E-state index in [0.717, 1.165) is 66.7 Å². The molecule has 10 rings (SSSR count). The molecule has 0 saturated carbocycles. The van der Waals surface area contributed by atoms with Gasteiger partial charge in [0.1, 0.15) is 23.4 Å². The third-order valence-corrected chi connectivity index (χ3v) is 14.5. The van der Waals surface area contributed by atoms with Gasteiger partial charge in [-0.05, 0) is 139 Å². The Bertz CT molecular complexity index is 3550. The van der Waals surface area contributed by atoms with Crippen LogP contribution in [0.15, 0.2) is 125 Å². The second-order valence-electron chi connectivity index (χ2n) is 17.8. The monoisotopic (exact) mass is 971 g/mol. The maximum atomic E-state index is 13.6. The summed E-state index contributed by atoms with van der Waals surface area (Å²) >= 11 is 0. The Labute approximate surface area is 408 Å². The molecule has 1 amide bonds. The number of hydrogen-bond acceptors (Lipinski definition) is 12. The first-order chi connectivity index (χ1) is 34.2. The summed E-state index contributed by atoms with van der Waals surface area (Å²) in [5.74, 6) is 1.13. The minimum absolute atomic E-state index is 0.136. The van der Waals surface area contributed by atoms with Gasteiger partial charge in [0.2, 0.25) is 21.9 Å². The number of pyridine rings is 6. The minimum atomic E-state index is -3.16. The standard InChI is InChI=1S/C27H24N6O2.C26H26FN5O3S/c1-17(34)33-12-9-19(10-13-33)18-2-5-22(6-3-18)31-26-25-20(8-11-29-27(25)35)14-24(32-26)21-4-7-23(15-28)30-16-21;1-16-21(7-8-23(27)29-16)22-15-19-9-12-28-26(33)24(19)25(31-22)30-20-5-3-17(4-6-20)18-10-13-32(14-11-18)36(2,34)35/h2-8,11,14,16,19H,9-10,12-13H2,1H3,(H,29,35)(H,31,32);3-9,12,15,18H,10-11,13-14H2,1-2H3,(H,28,33)(H,30,31). The molecule has 2 fully saturated rings. The van der Waals surface area contributed by atoms with Gasteiger partial charge in [-0.1, -0.05) is 24.3 Å². The first kappa shape index (κ1) is 47.9. The van der Waals surface area contributed by atoms with Crippen molar-refractivity contribution in [1.29, 1.82) is 5.26 Å². The molecule has 18 heteroatoms. The summed E-state index contributed by atoms with van der Waals surface area (Å²) in [5.41, 5.74) is 6.97. The van der Waals surface area contributed by atoms with Gasteiger partial charge in [-0.3, -0.25) is 14.4 Å². The number of rotatable bonds is 9. The van der Waals surface area contributed by atoms with Crippen LogP contribution >= 0.6 is 0 Å². The molecular weight excluding hydrogens is 922 g/mol. The first-order valence-electron chi connectivity index (χ1n) is 23.2. The van der Waals surface area contributed by atoms with Crippen LogP contribution in [0.3, 0.4) is 0 Å². The fourth-order valence-corrected chi connectivity index (χ4v) is 10.2. The van der Waals surface area contributed by atoms with Gasteiger partial charge in [-0.15, -0.1) is 0 Å². The van der Waals surface area contributed by atoms with E-state index >= 15 is 0 Å². The van der Waals surface area contributed by atoms with E-state index in [0.29, 0.717) is 75.1 Å². The number of anilines is 4. The van der Waals surface area contributed by atoms with Gasteiger partial charge < -0.3 is 25.5 Å². The Morgan fingerprint density at radius 1 is 0.718 bits per heavy atom. The number of benzene rings is 2. The highest BCUT2D eigenvalue weighted by atomic mass is 32.2. The molecule has 8 aromatic rings. The molecule has 0 unspecified atom stereocenters. The molecule has 4 N–H and O–H groups in total. The number of amides is 1. The van der Waals surface area contributed by atoms with Gasteiger partial charge in [-0.2, -0.15) is 9.65 Å². The number of halogens is 1. The minimum Gasteiger partial charge on any atom is -0.343 e. The Balaban J connectivity index is 0.000000176. The SMILES string of the molecule is CC(=O)N1CCC(c2ccc(Nc3nc(-c4ccc(C#N)nc4)cc4cc[nH]c(=O)c34)cc2)CC1.Cc1nc(F)ccc1-c1cc2cc[nH]c(=O)c2c(Nc2ccc(C3CCN(S(C)(=O)=O)CC3)cc2)n1. The van der Waals surface area contributed by atoms with Gasteiger partial charge in [0.15, 0.2) is 0 Å². The Morgan fingerprint density at radius 3 is 1.72 bits per heavy atom. The average molecular weight is 972 g/mol. The van der Waals surface area contributed by atoms with Crippen molar-refractivity contribution in [3.05, 3.63) is 165 Å². The quantitative estimate of drug-likeness (QED) is 0.0998. The molecule has 8 heterocycles. The van der Waals surface area contributed by atoms with E-state index in [-0.39, 0.29) is 22.9 Å². The number of aryl methyl sites for hydroxylation is 1. The summed E-state index contributed by atoms with van der Waals surface area (Å²) in [5, 5.41) is 18.0. The van der Waals surface area contributed by atoms with E-state index in [2.05, 4.69) is 42.7 Å². The van der Waals surface area contributed by atoms with E-state index in [1.54, 1.807) is 62.8 Å². The van der Waals surface area contributed by atoms with Crippen LogP contribution in [-0.4, -0.2) is 85.9 Å². The van der Waals surface area contributed by atoms with Crippen molar-refractivity contribution in [2.24, 2.45) is 0 Å². The number of carbonyl (C=O) groups is 1. The fraction of sp³-hybridized carbons (Fsp3) is 0.245. The number of nitrogens with zero attached hydrogens (tertiary/aromatic N) is 7. The van der Waals surface area contributed by atoms with Gasteiger partial charge in [0.25, 0.3) is 11.1 Å². The van der Waals surface area contributed by atoms with Crippen molar-refractivity contribution in [1.82, 2.24) is 39.1 Å². The number of likely N-dealkylation sites (tertiary alicyclic amines) is 1. The smallest absolute Gasteiger partial charge is 0.259 e. The predicted molar refractivity (Wildman–Crippen MR) is 273 cm³/mol. The lowest BCUT2D eigenvalue weighted by atomic mass is 9.89. The van der Waals surface area contributed by atoms with Crippen LogP contribution in [0.1, 0.15) is 67.0 Å². The van der Waals surface area contributed by atoms with E-state index < -0.39 is 16.0 Å². The first-order valence-corrected chi connectivity index (χ1v) is 25.0. The number of nitriles is 1. The van der Waals surface area contributed by atoms with Gasteiger partial charge >= 0.3 is 0 Å². The summed E-state index contributed by atoms with van der Waals surface area (Å²) in [4.78, 5) is 61.7. The molecule has 2 aromatic carbocycles. The maximum Gasteiger partial charge on any atom is 0.259 e. The third-order valence-electron chi connectivity index (χ3n) is 13.2. The molecule has 0 radical (unpaired) electrons. The number of hydrogen-bond donors (Lipinski definition) is 4. The van der Waals surface area contributed by atoms with Crippen molar-refractivity contribution in [3.63, 3.8) is 0 Å². The maximum absolute atomic E-state index is 13.6. The number of aromatic amines is 2. The molecule has 0 bridgehead atoms. The Kier molecular flexibility index (Phi) is 13.8. The van der Waals surface area contributed by atoms with Crippen molar-refractivity contribution >= 4 is 60.5 Å². The molecule has 6 aromatic heterocycles. The molecular formula is C53H50FN11O5S. The largest absolute Gasteiger partial charge is 0.343 e. The summed E-state index contributed by atoms with van der Waals surface area (Å²) in [6, 6.07) is 31.7. The van der Waals surface area contributed by atoms with Crippen molar-refractivity contribution in [3.8, 4) is 28.6 Å². The number of sulfonamides is 1. The molecule has 2 aliphatic rings. The van der Waals surface area contributed by atoms with Crippen molar-refractivity contribution in [2.45, 2.75) is 51.4 Å².